The quantitative estimate of drug-likeness (QED) is 0.131. The summed E-state index contributed by atoms with van der Waals surface area (Å²) in [6.45, 7) is 1.15. The molecule has 0 spiro atoms. The molecule has 0 fully saturated rings. The van der Waals surface area contributed by atoms with Gasteiger partial charge in [0.25, 0.3) is 0 Å². The van der Waals surface area contributed by atoms with Crippen LogP contribution >= 0.6 is 12.6 Å². The third kappa shape index (κ3) is 8.48. The average molecular weight is 538 g/mol. The molecule has 5 unspecified atom stereocenters. The zero-order valence-corrected chi connectivity index (χ0v) is 20.9. The molecule has 37 heavy (non-hydrogen) atoms. The molecule has 0 saturated carbocycles. The van der Waals surface area contributed by atoms with Crippen LogP contribution in [0.5, 0.6) is 0 Å². The molecule has 2 rings (SSSR count). The van der Waals surface area contributed by atoms with E-state index in [-0.39, 0.29) is 18.6 Å². The number of carboxylic acids is 2. The zero-order chi connectivity index (χ0) is 27.7. The van der Waals surface area contributed by atoms with E-state index in [1.165, 1.54) is 0 Å². The molecule has 0 aliphatic heterocycles. The molecular formula is C23H31N5O8S. The van der Waals surface area contributed by atoms with Crippen LogP contribution in [-0.4, -0.2) is 86.0 Å². The second-order valence-corrected chi connectivity index (χ2v) is 8.84. The van der Waals surface area contributed by atoms with Crippen molar-refractivity contribution in [2.24, 2.45) is 5.73 Å². The molecule has 1 aromatic heterocycles. The highest BCUT2D eigenvalue weighted by atomic mass is 32.1. The summed E-state index contributed by atoms with van der Waals surface area (Å²) >= 11 is 3.99. The van der Waals surface area contributed by atoms with Crippen molar-refractivity contribution >= 4 is 53.2 Å². The van der Waals surface area contributed by atoms with Gasteiger partial charge in [0.1, 0.15) is 12.1 Å². The Morgan fingerprint density at radius 3 is 2.22 bits per heavy atom. The number of para-hydroxylation sites is 1. The predicted octanol–water partition coefficient (Wildman–Crippen LogP) is -1.25. The first-order valence-electron chi connectivity index (χ1n) is 11.4. The Morgan fingerprint density at radius 2 is 1.62 bits per heavy atom. The first kappa shape index (κ1) is 29.6. The van der Waals surface area contributed by atoms with Crippen LogP contribution in [0.25, 0.3) is 10.9 Å². The highest BCUT2D eigenvalue weighted by molar-refractivity contribution is 7.80. The van der Waals surface area contributed by atoms with E-state index in [4.69, 9.17) is 10.8 Å². The number of fused-ring (bicyclic) bond motifs is 1. The van der Waals surface area contributed by atoms with Gasteiger partial charge in [-0.1, -0.05) is 18.2 Å². The number of aliphatic hydroxyl groups excluding tert-OH is 1. The van der Waals surface area contributed by atoms with E-state index >= 15 is 0 Å². The van der Waals surface area contributed by atoms with Gasteiger partial charge in [0.2, 0.25) is 17.7 Å². The molecule has 2 aromatic rings. The van der Waals surface area contributed by atoms with Crippen LogP contribution in [0, 0.1) is 0 Å². The molecule has 1 aromatic carbocycles. The molecule has 0 saturated heterocycles. The van der Waals surface area contributed by atoms with E-state index in [0.29, 0.717) is 5.56 Å². The van der Waals surface area contributed by atoms with Gasteiger partial charge in [-0.25, -0.2) is 4.79 Å². The normalized spacial score (nSPS) is 15.1. The maximum Gasteiger partial charge on any atom is 0.328 e. The third-order valence-electron chi connectivity index (χ3n) is 5.59. The Labute approximate surface area is 217 Å². The van der Waals surface area contributed by atoms with Crippen molar-refractivity contribution in [3.63, 3.8) is 0 Å². The van der Waals surface area contributed by atoms with Crippen molar-refractivity contribution in [1.82, 2.24) is 20.9 Å². The van der Waals surface area contributed by atoms with Crippen LogP contribution in [0.4, 0.5) is 0 Å². The van der Waals surface area contributed by atoms with Gasteiger partial charge in [0.15, 0.2) is 6.04 Å². The average Bonchev–Trinajstić information content (AvgIpc) is 3.25. The number of aliphatic hydroxyl groups is 1. The van der Waals surface area contributed by atoms with Crippen LogP contribution in [0.2, 0.25) is 0 Å². The SMILES string of the molecule is CC(O)C(NC(=O)C(CCC(=O)O)NC(=O)C(Cc1c[nH]c2ccccc12)NC(=O)C(N)CS)C(=O)O. The topological polar surface area (TPSA) is 224 Å². The summed E-state index contributed by atoms with van der Waals surface area (Å²) in [6, 6.07) is 1.89. The van der Waals surface area contributed by atoms with Gasteiger partial charge in [-0.15, -0.1) is 0 Å². The summed E-state index contributed by atoms with van der Waals surface area (Å²) in [4.78, 5) is 64.1. The molecule has 202 valence electrons. The number of aromatic amines is 1. The van der Waals surface area contributed by atoms with Crippen LogP contribution < -0.4 is 21.7 Å². The Balaban J connectivity index is 2.31. The number of rotatable bonds is 14. The highest BCUT2D eigenvalue weighted by Crippen LogP contribution is 2.19. The first-order chi connectivity index (χ1) is 17.4. The second-order valence-electron chi connectivity index (χ2n) is 8.47. The smallest absolute Gasteiger partial charge is 0.328 e. The van der Waals surface area contributed by atoms with Crippen molar-refractivity contribution in [1.29, 1.82) is 0 Å². The molecule has 0 bridgehead atoms. The Kier molecular flexibility index (Phi) is 10.9. The molecule has 3 amide bonds. The molecule has 1 heterocycles. The fraction of sp³-hybridized carbons (Fsp3) is 0.435. The number of nitrogens with one attached hydrogen (secondary N) is 4. The highest BCUT2D eigenvalue weighted by Gasteiger charge is 2.32. The number of hydrogen-bond donors (Lipinski definition) is 9. The number of carboxylic acid groups (broad SMARTS) is 2. The lowest BCUT2D eigenvalue weighted by atomic mass is 10.0. The molecule has 14 heteroatoms. The number of aliphatic carboxylic acids is 2. The van der Waals surface area contributed by atoms with Gasteiger partial charge in [-0.05, 0) is 25.0 Å². The Hall–Kier alpha value is -3.62. The zero-order valence-electron chi connectivity index (χ0n) is 20.0. The van der Waals surface area contributed by atoms with E-state index in [1.807, 2.05) is 18.2 Å². The largest absolute Gasteiger partial charge is 0.481 e. The molecule has 5 atom stereocenters. The van der Waals surface area contributed by atoms with E-state index in [0.717, 1.165) is 17.8 Å². The maximum absolute atomic E-state index is 13.3. The number of nitrogens with two attached hydrogens (primary N) is 1. The molecule has 13 nitrogen and oxygen atoms in total. The van der Waals surface area contributed by atoms with E-state index in [9.17, 15) is 34.2 Å². The number of amides is 3. The molecule has 0 aliphatic rings. The molecule has 9 N–H and O–H groups in total. The summed E-state index contributed by atoms with van der Waals surface area (Å²) < 4.78 is 0. The lowest BCUT2D eigenvalue weighted by Crippen LogP contribution is -2.58. The number of aromatic nitrogens is 1. The van der Waals surface area contributed by atoms with E-state index < -0.39 is 66.4 Å². The summed E-state index contributed by atoms with van der Waals surface area (Å²) in [5.41, 5.74) is 7.22. The summed E-state index contributed by atoms with van der Waals surface area (Å²) in [5, 5.41) is 35.8. The van der Waals surface area contributed by atoms with Crippen LogP contribution in [0.15, 0.2) is 30.5 Å². The van der Waals surface area contributed by atoms with Gasteiger partial charge in [0.05, 0.1) is 12.1 Å². The number of H-pyrrole nitrogens is 1. The molecule has 0 radical (unpaired) electrons. The number of benzene rings is 1. The monoisotopic (exact) mass is 537 g/mol. The van der Waals surface area contributed by atoms with Crippen molar-refractivity contribution in [2.45, 2.75) is 56.5 Å². The lowest BCUT2D eigenvalue weighted by Gasteiger charge is -2.25. The fourth-order valence-corrected chi connectivity index (χ4v) is 3.71. The van der Waals surface area contributed by atoms with Crippen molar-refractivity contribution in [3.05, 3.63) is 36.0 Å². The van der Waals surface area contributed by atoms with Gasteiger partial charge in [-0.2, -0.15) is 12.6 Å². The maximum atomic E-state index is 13.3. The Bertz CT molecular complexity index is 1140. The third-order valence-corrected chi connectivity index (χ3v) is 5.98. The summed E-state index contributed by atoms with van der Waals surface area (Å²) in [6.07, 6.45) is -0.685. The minimum atomic E-state index is -1.69. The summed E-state index contributed by atoms with van der Waals surface area (Å²) in [5.74, 6) is -5.25. The Morgan fingerprint density at radius 1 is 1.00 bits per heavy atom. The molecular weight excluding hydrogens is 506 g/mol. The summed E-state index contributed by atoms with van der Waals surface area (Å²) in [7, 11) is 0. The fourth-order valence-electron chi connectivity index (χ4n) is 3.54. The van der Waals surface area contributed by atoms with Crippen molar-refractivity contribution in [2.75, 3.05) is 5.75 Å². The van der Waals surface area contributed by atoms with E-state index in [2.05, 4.69) is 33.6 Å². The predicted molar refractivity (Wildman–Crippen MR) is 136 cm³/mol. The van der Waals surface area contributed by atoms with Crippen molar-refractivity contribution in [3.8, 4) is 0 Å². The first-order valence-corrected chi connectivity index (χ1v) is 12.0. The van der Waals surface area contributed by atoms with Crippen molar-refractivity contribution < 1.29 is 39.3 Å². The van der Waals surface area contributed by atoms with Gasteiger partial charge < -0.3 is 42.0 Å². The van der Waals surface area contributed by atoms with E-state index in [1.54, 1.807) is 12.3 Å². The molecule has 0 aliphatic carbocycles. The lowest BCUT2D eigenvalue weighted by molar-refractivity contribution is -0.145. The van der Waals surface area contributed by atoms with Crippen LogP contribution in [-0.2, 0) is 30.4 Å². The minimum absolute atomic E-state index is 0.000424. The standard InChI is InChI=1S/C23H31N5O8S/c1-11(29)19(23(35)36)28-21(33)16(6-7-18(30)31)26-22(34)17(27-20(32)14(24)10-37)8-12-9-25-15-5-3-2-4-13(12)15/h2-5,9,11,14,16-17,19,25,29,37H,6-8,10,24H2,1H3,(H,26,34)(H,27,32)(H,28,33)(H,30,31)(H,35,36). The van der Waals surface area contributed by atoms with Crippen LogP contribution in [0.3, 0.4) is 0 Å². The van der Waals surface area contributed by atoms with Gasteiger partial charge in [0, 0.05) is 35.7 Å². The van der Waals surface area contributed by atoms with Gasteiger partial charge >= 0.3 is 11.9 Å². The van der Waals surface area contributed by atoms with Gasteiger partial charge in [-0.3, -0.25) is 19.2 Å². The number of thiol groups is 1. The number of hydrogen-bond acceptors (Lipinski definition) is 8. The number of carbonyl (C=O) groups excluding carboxylic acids is 3. The minimum Gasteiger partial charge on any atom is -0.481 e. The number of carbonyl (C=O) groups is 5. The van der Waals surface area contributed by atoms with Crippen LogP contribution in [0.1, 0.15) is 25.3 Å². The second kappa shape index (κ2) is 13.6.